The van der Waals surface area contributed by atoms with Gasteiger partial charge in [0.25, 0.3) is 11.8 Å². The van der Waals surface area contributed by atoms with Gasteiger partial charge in [-0.3, -0.25) is 29.3 Å². The molecule has 9 nitrogen and oxygen atoms in total. The van der Waals surface area contributed by atoms with E-state index in [9.17, 15) is 24.0 Å². The van der Waals surface area contributed by atoms with Crippen LogP contribution in [0, 0.1) is 11.8 Å². The van der Waals surface area contributed by atoms with Gasteiger partial charge in [0.15, 0.2) is 0 Å². The summed E-state index contributed by atoms with van der Waals surface area (Å²) in [6, 6.07) is 11.3. The highest BCUT2D eigenvalue weighted by atomic mass is 16.2. The van der Waals surface area contributed by atoms with E-state index in [4.69, 9.17) is 0 Å². The Morgan fingerprint density at radius 3 is 2.80 bits per heavy atom. The number of unbranched alkanes of at least 4 members (excludes halogenated alkanes) is 1. The fraction of sp³-hybridized carbons (Fsp3) is 0.269. The fourth-order valence-electron chi connectivity index (χ4n) is 4.16. The first-order chi connectivity index (χ1) is 17.0. The van der Waals surface area contributed by atoms with Crippen LogP contribution in [0.4, 0.5) is 5.69 Å². The molecule has 0 saturated carbocycles. The van der Waals surface area contributed by atoms with E-state index in [2.05, 4.69) is 27.8 Å². The number of imide groups is 1. The van der Waals surface area contributed by atoms with Crippen LogP contribution in [0.3, 0.4) is 0 Å². The van der Waals surface area contributed by atoms with E-state index in [1.165, 1.54) is 4.90 Å². The largest absolute Gasteiger partial charge is 0.352 e. The number of fused-ring (bicyclic) bond motifs is 1. The zero-order chi connectivity index (χ0) is 24.8. The van der Waals surface area contributed by atoms with Crippen molar-refractivity contribution in [2.45, 2.75) is 38.3 Å². The lowest BCUT2D eigenvalue weighted by atomic mass is 10.0. The molecule has 4 rings (SSSR count). The molecular weight excluding hydrogens is 448 g/mol. The molecule has 1 fully saturated rings. The lowest BCUT2D eigenvalue weighted by Gasteiger charge is -2.29. The molecule has 9 heteroatoms. The second-order valence-electron chi connectivity index (χ2n) is 8.24. The molecule has 0 aromatic heterocycles. The van der Waals surface area contributed by atoms with Gasteiger partial charge in [-0.25, -0.2) is 0 Å². The number of hydrogen-bond donors (Lipinski definition) is 3. The highest BCUT2D eigenvalue weighted by Crippen LogP contribution is 2.29. The molecule has 5 amide bonds. The maximum Gasteiger partial charge on any atom is 0.255 e. The zero-order valence-corrected chi connectivity index (χ0v) is 18.9. The first-order valence-electron chi connectivity index (χ1n) is 11.3. The summed E-state index contributed by atoms with van der Waals surface area (Å²) in [5, 5.41) is 7.64. The highest BCUT2D eigenvalue weighted by molar-refractivity contribution is 6.05. The third-order valence-electron chi connectivity index (χ3n) is 5.92. The molecule has 0 bridgehead atoms. The summed E-state index contributed by atoms with van der Waals surface area (Å²) >= 11 is 0. The van der Waals surface area contributed by atoms with E-state index >= 15 is 0 Å². The Bertz CT molecular complexity index is 1260. The van der Waals surface area contributed by atoms with Gasteiger partial charge < -0.3 is 15.5 Å². The molecule has 1 saturated heterocycles. The lowest BCUT2D eigenvalue weighted by Crippen LogP contribution is -2.52. The summed E-state index contributed by atoms with van der Waals surface area (Å²) in [6.45, 7) is 0.715. The van der Waals surface area contributed by atoms with Crippen LogP contribution < -0.4 is 16.0 Å². The van der Waals surface area contributed by atoms with Crippen molar-refractivity contribution in [3.05, 3.63) is 64.7 Å². The second kappa shape index (κ2) is 10.7. The van der Waals surface area contributed by atoms with E-state index in [0.717, 1.165) is 11.1 Å². The summed E-state index contributed by atoms with van der Waals surface area (Å²) in [6.07, 6.45) is 2.26. The summed E-state index contributed by atoms with van der Waals surface area (Å²) in [5.41, 5.74) is 3.04. The van der Waals surface area contributed by atoms with Crippen molar-refractivity contribution in [3.63, 3.8) is 0 Å². The molecule has 35 heavy (non-hydrogen) atoms. The number of rotatable bonds is 7. The molecule has 2 aromatic carbocycles. The SMILES string of the molecule is O=CNc1cccc(C(=O)NCCCC#Cc2cccc3c2CN(C2CCC(=O)NC2=O)C3=O)c1. The van der Waals surface area contributed by atoms with Gasteiger partial charge in [-0.2, -0.15) is 0 Å². The van der Waals surface area contributed by atoms with Gasteiger partial charge in [0.05, 0.1) is 0 Å². The van der Waals surface area contributed by atoms with Crippen molar-refractivity contribution in [2.75, 3.05) is 11.9 Å². The molecule has 0 spiro atoms. The summed E-state index contributed by atoms with van der Waals surface area (Å²) in [4.78, 5) is 60.9. The normalized spacial score (nSPS) is 16.6. The van der Waals surface area contributed by atoms with Gasteiger partial charge >= 0.3 is 0 Å². The van der Waals surface area contributed by atoms with E-state index in [1.54, 1.807) is 36.4 Å². The minimum Gasteiger partial charge on any atom is -0.352 e. The number of piperidine rings is 1. The number of benzene rings is 2. The Kier molecular flexibility index (Phi) is 7.21. The van der Waals surface area contributed by atoms with Crippen molar-refractivity contribution in [3.8, 4) is 11.8 Å². The molecule has 0 radical (unpaired) electrons. The molecule has 178 valence electrons. The molecule has 1 unspecified atom stereocenters. The van der Waals surface area contributed by atoms with Crippen molar-refractivity contribution in [1.82, 2.24) is 15.5 Å². The first-order valence-corrected chi connectivity index (χ1v) is 11.3. The number of hydrogen-bond acceptors (Lipinski definition) is 5. The Labute approximate surface area is 202 Å². The van der Waals surface area contributed by atoms with Crippen molar-refractivity contribution < 1.29 is 24.0 Å². The van der Waals surface area contributed by atoms with Gasteiger partial charge in [0, 0.05) is 48.3 Å². The second-order valence-corrected chi connectivity index (χ2v) is 8.24. The Morgan fingerprint density at radius 1 is 1.17 bits per heavy atom. The van der Waals surface area contributed by atoms with Crippen LogP contribution in [0.5, 0.6) is 0 Å². The van der Waals surface area contributed by atoms with Gasteiger partial charge in [0.1, 0.15) is 6.04 Å². The van der Waals surface area contributed by atoms with Crippen LogP contribution >= 0.6 is 0 Å². The average molecular weight is 473 g/mol. The smallest absolute Gasteiger partial charge is 0.255 e. The topological polar surface area (TPSA) is 125 Å². The van der Waals surface area contributed by atoms with E-state index in [1.807, 2.05) is 6.07 Å². The van der Waals surface area contributed by atoms with E-state index in [-0.39, 0.29) is 30.7 Å². The minimum atomic E-state index is -0.660. The molecular formula is C26H24N4O5. The van der Waals surface area contributed by atoms with E-state index < -0.39 is 11.9 Å². The molecule has 2 aromatic rings. The van der Waals surface area contributed by atoms with Crippen molar-refractivity contribution in [2.24, 2.45) is 0 Å². The van der Waals surface area contributed by atoms with Crippen LogP contribution in [0.1, 0.15) is 57.5 Å². The standard InChI is InChI=1S/C26H24N4O5/c31-16-28-19-9-4-8-18(14-19)24(33)27-13-3-1-2-6-17-7-5-10-20-21(17)15-30(26(20)35)22-11-12-23(32)29-25(22)34/h4-5,7-10,14,16,22H,1,3,11-13,15H2,(H,27,33)(H,28,31)(H,29,32,34). The van der Waals surface area contributed by atoms with Gasteiger partial charge in [-0.1, -0.05) is 24.0 Å². The maximum absolute atomic E-state index is 12.9. The number of carbonyl (C=O) groups excluding carboxylic acids is 5. The number of nitrogens with one attached hydrogen (secondary N) is 3. The van der Waals surface area contributed by atoms with Gasteiger partial charge in [-0.15, -0.1) is 0 Å². The molecule has 2 heterocycles. The molecule has 2 aliphatic rings. The van der Waals surface area contributed by atoms with Crippen molar-refractivity contribution in [1.29, 1.82) is 0 Å². The predicted octanol–water partition coefficient (Wildman–Crippen LogP) is 1.58. The third-order valence-corrected chi connectivity index (χ3v) is 5.92. The molecule has 3 N–H and O–H groups in total. The Hall–Kier alpha value is -4.45. The van der Waals surface area contributed by atoms with Crippen LogP contribution in [-0.4, -0.2) is 47.5 Å². The minimum absolute atomic E-state index is 0.209. The zero-order valence-electron chi connectivity index (χ0n) is 18.9. The molecule has 2 aliphatic heterocycles. The van der Waals surface area contributed by atoms with Crippen molar-refractivity contribution >= 4 is 35.7 Å². The predicted molar refractivity (Wildman–Crippen MR) is 127 cm³/mol. The van der Waals surface area contributed by atoms with Crippen LogP contribution in [0.15, 0.2) is 42.5 Å². The summed E-state index contributed by atoms with van der Waals surface area (Å²) < 4.78 is 0. The number of anilines is 1. The van der Waals surface area contributed by atoms with E-state index in [0.29, 0.717) is 49.0 Å². The monoisotopic (exact) mass is 472 g/mol. The molecule has 0 aliphatic carbocycles. The fourth-order valence-corrected chi connectivity index (χ4v) is 4.16. The van der Waals surface area contributed by atoms with Gasteiger partial charge in [0.2, 0.25) is 18.2 Å². The number of amides is 5. The third kappa shape index (κ3) is 5.38. The number of carbonyl (C=O) groups is 5. The number of nitrogens with zero attached hydrogens (tertiary/aromatic N) is 1. The molecule has 1 atom stereocenters. The maximum atomic E-state index is 12.9. The Balaban J connectivity index is 1.31. The summed E-state index contributed by atoms with van der Waals surface area (Å²) in [7, 11) is 0. The average Bonchev–Trinajstić information content (AvgIpc) is 3.18. The highest BCUT2D eigenvalue weighted by Gasteiger charge is 2.39. The summed E-state index contributed by atoms with van der Waals surface area (Å²) in [5.74, 6) is 4.98. The van der Waals surface area contributed by atoms with Gasteiger partial charge in [-0.05, 0) is 48.7 Å². The Morgan fingerprint density at radius 2 is 2.00 bits per heavy atom. The quantitative estimate of drug-likeness (QED) is 0.244. The van der Waals surface area contributed by atoms with Crippen LogP contribution in [-0.2, 0) is 20.9 Å². The first kappa shape index (κ1) is 23.7. The van der Waals surface area contributed by atoms with Crippen LogP contribution in [0.2, 0.25) is 0 Å². The lowest BCUT2D eigenvalue weighted by molar-refractivity contribution is -0.136. The van der Waals surface area contributed by atoms with Crippen LogP contribution in [0.25, 0.3) is 0 Å².